The first-order valence-electron chi connectivity index (χ1n) is 5.55. The summed E-state index contributed by atoms with van der Waals surface area (Å²) < 4.78 is 0. The molecule has 2 rings (SSSR count). The van der Waals surface area contributed by atoms with Crippen LogP contribution in [-0.4, -0.2) is 59.2 Å². The predicted molar refractivity (Wildman–Crippen MR) is 60.9 cm³/mol. The van der Waals surface area contributed by atoms with Crippen molar-refractivity contribution in [1.82, 2.24) is 10.2 Å². The van der Waals surface area contributed by atoms with Gasteiger partial charge >= 0.3 is 0 Å². The van der Waals surface area contributed by atoms with Gasteiger partial charge in [-0.25, -0.2) is 0 Å². The molecule has 0 aliphatic carbocycles. The summed E-state index contributed by atoms with van der Waals surface area (Å²) in [6.07, 6.45) is 1.31. The number of hydrogen-bond donors (Lipinski definition) is 2. The fourth-order valence-electron chi connectivity index (χ4n) is 2.09. The van der Waals surface area contributed by atoms with E-state index in [2.05, 4.69) is 5.32 Å². The Morgan fingerprint density at radius 3 is 3.00 bits per heavy atom. The van der Waals surface area contributed by atoms with Gasteiger partial charge in [0.1, 0.15) is 0 Å². The van der Waals surface area contributed by atoms with Gasteiger partial charge in [-0.15, -0.1) is 0 Å². The standard InChI is InChI=1S/C10H18N2O2S/c13-8-6-9(11-7-8)10(14)12-2-1-4-15-5-3-12/h8-9,11,13H,1-7H2/t8-,9-/m1/s1. The Kier molecular flexibility index (Phi) is 3.88. The van der Waals surface area contributed by atoms with Crippen molar-refractivity contribution in [3.8, 4) is 0 Å². The van der Waals surface area contributed by atoms with E-state index in [4.69, 9.17) is 0 Å². The minimum atomic E-state index is -0.347. The molecular weight excluding hydrogens is 212 g/mol. The summed E-state index contributed by atoms with van der Waals surface area (Å²) in [6.45, 7) is 2.29. The molecule has 2 N–H and O–H groups in total. The van der Waals surface area contributed by atoms with E-state index in [9.17, 15) is 9.90 Å². The monoisotopic (exact) mass is 230 g/mol. The van der Waals surface area contributed by atoms with Crippen LogP contribution in [0.15, 0.2) is 0 Å². The van der Waals surface area contributed by atoms with Crippen molar-refractivity contribution in [3.63, 3.8) is 0 Å². The first-order chi connectivity index (χ1) is 7.27. The number of carbonyl (C=O) groups excluding carboxylic acids is 1. The molecule has 2 fully saturated rings. The van der Waals surface area contributed by atoms with Gasteiger partial charge in [0.05, 0.1) is 12.1 Å². The summed E-state index contributed by atoms with van der Waals surface area (Å²) in [7, 11) is 0. The van der Waals surface area contributed by atoms with Crippen molar-refractivity contribution in [1.29, 1.82) is 0 Å². The Bertz CT molecular complexity index is 229. The zero-order chi connectivity index (χ0) is 10.7. The third kappa shape index (κ3) is 2.86. The number of aliphatic hydroxyl groups excluding tert-OH is 1. The molecule has 4 nitrogen and oxygen atoms in total. The molecule has 0 aromatic carbocycles. The average molecular weight is 230 g/mol. The normalized spacial score (nSPS) is 32.7. The maximum atomic E-state index is 12.0. The van der Waals surface area contributed by atoms with E-state index < -0.39 is 0 Å². The summed E-state index contributed by atoms with van der Waals surface area (Å²) in [4.78, 5) is 14.0. The van der Waals surface area contributed by atoms with E-state index >= 15 is 0 Å². The summed E-state index contributed by atoms with van der Waals surface area (Å²) in [6, 6.07) is -0.150. The molecule has 2 atom stereocenters. The van der Waals surface area contributed by atoms with E-state index in [0.29, 0.717) is 13.0 Å². The minimum Gasteiger partial charge on any atom is -0.392 e. The van der Waals surface area contributed by atoms with Crippen LogP contribution in [-0.2, 0) is 4.79 Å². The molecule has 2 saturated heterocycles. The first-order valence-corrected chi connectivity index (χ1v) is 6.71. The minimum absolute atomic E-state index is 0.150. The quantitative estimate of drug-likeness (QED) is 0.648. The van der Waals surface area contributed by atoms with Gasteiger partial charge in [-0.3, -0.25) is 4.79 Å². The van der Waals surface area contributed by atoms with Crippen molar-refractivity contribution in [3.05, 3.63) is 0 Å². The zero-order valence-electron chi connectivity index (χ0n) is 8.82. The van der Waals surface area contributed by atoms with Gasteiger partial charge in [0.25, 0.3) is 0 Å². The van der Waals surface area contributed by atoms with Gasteiger partial charge in [0.2, 0.25) is 5.91 Å². The number of aliphatic hydroxyl groups is 1. The van der Waals surface area contributed by atoms with Crippen molar-refractivity contribution in [2.75, 3.05) is 31.1 Å². The highest BCUT2D eigenvalue weighted by atomic mass is 32.2. The largest absolute Gasteiger partial charge is 0.392 e. The van der Waals surface area contributed by atoms with Gasteiger partial charge in [0.15, 0.2) is 0 Å². The smallest absolute Gasteiger partial charge is 0.239 e. The van der Waals surface area contributed by atoms with Crippen LogP contribution in [0, 0.1) is 0 Å². The van der Waals surface area contributed by atoms with Crippen molar-refractivity contribution in [2.45, 2.75) is 25.0 Å². The average Bonchev–Trinajstić information content (AvgIpc) is 2.53. The fourth-order valence-corrected chi connectivity index (χ4v) is 2.98. The Hall–Kier alpha value is -0.260. The molecule has 0 bridgehead atoms. The summed E-state index contributed by atoms with van der Waals surface area (Å²) >= 11 is 1.92. The molecule has 2 heterocycles. The van der Waals surface area contributed by atoms with Crippen LogP contribution < -0.4 is 5.32 Å². The lowest BCUT2D eigenvalue weighted by Gasteiger charge is -2.23. The van der Waals surface area contributed by atoms with E-state index in [1.165, 1.54) is 0 Å². The van der Waals surface area contributed by atoms with Crippen molar-refractivity contribution in [2.24, 2.45) is 0 Å². The van der Waals surface area contributed by atoms with Gasteiger partial charge < -0.3 is 15.3 Å². The Balaban J connectivity index is 1.88. The molecule has 86 valence electrons. The van der Waals surface area contributed by atoms with Gasteiger partial charge in [-0.2, -0.15) is 11.8 Å². The molecule has 1 amide bonds. The van der Waals surface area contributed by atoms with Gasteiger partial charge in [-0.05, 0) is 18.6 Å². The van der Waals surface area contributed by atoms with Gasteiger partial charge in [-0.1, -0.05) is 0 Å². The Labute approximate surface area is 94.4 Å². The third-order valence-electron chi connectivity index (χ3n) is 2.94. The molecule has 0 aromatic rings. The van der Waals surface area contributed by atoms with Gasteiger partial charge in [0, 0.05) is 25.4 Å². The summed E-state index contributed by atoms with van der Waals surface area (Å²) in [5, 5.41) is 12.4. The lowest BCUT2D eigenvalue weighted by atomic mass is 10.2. The maximum absolute atomic E-state index is 12.0. The second-order valence-electron chi connectivity index (χ2n) is 4.14. The lowest BCUT2D eigenvalue weighted by molar-refractivity contribution is -0.132. The van der Waals surface area contributed by atoms with E-state index in [0.717, 1.165) is 31.0 Å². The summed E-state index contributed by atoms with van der Waals surface area (Å²) in [5.74, 6) is 2.37. The van der Waals surface area contributed by atoms with Crippen molar-refractivity contribution >= 4 is 17.7 Å². The van der Waals surface area contributed by atoms with Crippen LogP contribution in [0.5, 0.6) is 0 Å². The molecule has 0 spiro atoms. The highest BCUT2D eigenvalue weighted by Gasteiger charge is 2.31. The number of rotatable bonds is 1. The van der Waals surface area contributed by atoms with E-state index in [1.807, 2.05) is 16.7 Å². The van der Waals surface area contributed by atoms with Crippen LogP contribution in [0.1, 0.15) is 12.8 Å². The number of β-amino-alcohol motifs (C(OH)–C–C–N with tert-alkyl or cyclic N) is 1. The number of nitrogens with one attached hydrogen (secondary N) is 1. The third-order valence-corrected chi connectivity index (χ3v) is 3.99. The molecule has 15 heavy (non-hydrogen) atoms. The maximum Gasteiger partial charge on any atom is 0.239 e. The summed E-state index contributed by atoms with van der Waals surface area (Å²) in [5.41, 5.74) is 0. The number of hydrogen-bond acceptors (Lipinski definition) is 4. The SMILES string of the molecule is O=C([C@H]1C[C@@H](O)CN1)N1CCCSCC1. The lowest BCUT2D eigenvalue weighted by Crippen LogP contribution is -2.44. The molecule has 2 aliphatic rings. The van der Waals surface area contributed by atoms with E-state index in [1.54, 1.807) is 0 Å². The second kappa shape index (κ2) is 5.18. The Morgan fingerprint density at radius 2 is 2.27 bits per heavy atom. The van der Waals surface area contributed by atoms with E-state index in [-0.39, 0.29) is 18.1 Å². The van der Waals surface area contributed by atoms with Crippen LogP contribution in [0.2, 0.25) is 0 Å². The zero-order valence-corrected chi connectivity index (χ0v) is 9.63. The molecule has 0 unspecified atom stereocenters. The highest BCUT2D eigenvalue weighted by molar-refractivity contribution is 7.99. The molecule has 0 aromatic heterocycles. The molecule has 0 saturated carbocycles. The molecular formula is C10H18N2O2S. The fraction of sp³-hybridized carbons (Fsp3) is 0.900. The number of nitrogens with zero attached hydrogens (tertiary/aromatic N) is 1. The van der Waals surface area contributed by atoms with Crippen LogP contribution >= 0.6 is 11.8 Å². The van der Waals surface area contributed by atoms with Crippen LogP contribution in [0.3, 0.4) is 0 Å². The van der Waals surface area contributed by atoms with Crippen LogP contribution in [0.25, 0.3) is 0 Å². The molecule has 2 aliphatic heterocycles. The highest BCUT2D eigenvalue weighted by Crippen LogP contribution is 2.14. The predicted octanol–water partition coefficient (Wildman–Crippen LogP) is -0.325. The second-order valence-corrected chi connectivity index (χ2v) is 5.37. The molecule has 5 heteroatoms. The van der Waals surface area contributed by atoms with Crippen LogP contribution in [0.4, 0.5) is 0 Å². The molecule has 0 radical (unpaired) electrons. The Morgan fingerprint density at radius 1 is 1.40 bits per heavy atom. The number of carbonyl (C=O) groups is 1. The number of thioether (sulfide) groups is 1. The van der Waals surface area contributed by atoms with Crippen molar-refractivity contribution < 1.29 is 9.90 Å². The first kappa shape index (κ1) is 11.2. The topological polar surface area (TPSA) is 52.6 Å². The number of amides is 1.